The zero-order valence-corrected chi connectivity index (χ0v) is 14.4. The zero-order chi connectivity index (χ0) is 15.5. The number of hydrogen-bond acceptors (Lipinski definition) is 4. The zero-order valence-electron chi connectivity index (χ0n) is 13.6. The summed E-state index contributed by atoms with van der Waals surface area (Å²) in [5, 5.41) is 14.8. The Morgan fingerprint density at radius 2 is 2.14 bits per heavy atom. The summed E-state index contributed by atoms with van der Waals surface area (Å²) in [5.41, 5.74) is 0. The Morgan fingerprint density at radius 1 is 1.38 bits per heavy atom. The molecule has 0 saturated carbocycles. The van der Waals surface area contributed by atoms with E-state index >= 15 is 0 Å². The highest BCUT2D eigenvalue weighted by molar-refractivity contribution is 7.98. The van der Waals surface area contributed by atoms with Gasteiger partial charge in [0.2, 0.25) is 0 Å². The Balaban J connectivity index is 2.42. The Hall–Kier alpha value is -1.24. The van der Waals surface area contributed by atoms with E-state index in [-0.39, 0.29) is 0 Å². The molecule has 6 nitrogen and oxygen atoms in total. The molecule has 2 N–H and O–H groups in total. The Kier molecular flexibility index (Phi) is 8.89. The predicted molar refractivity (Wildman–Crippen MR) is 90.9 cm³/mol. The summed E-state index contributed by atoms with van der Waals surface area (Å²) in [6, 6.07) is 0. The van der Waals surface area contributed by atoms with Crippen LogP contribution in [0.3, 0.4) is 0 Å². The van der Waals surface area contributed by atoms with Gasteiger partial charge in [0.25, 0.3) is 0 Å². The first-order valence-corrected chi connectivity index (χ1v) is 8.94. The van der Waals surface area contributed by atoms with E-state index in [2.05, 4.69) is 57.4 Å². The molecule has 0 fully saturated rings. The molecule has 1 aromatic rings. The number of nitrogens with zero attached hydrogens (tertiary/aromatic N) is 4. The largest absolute Gasteiger partial charge is 0.356 e. The number of nitrogens with one attached hydrogen (secondary N) is 2. The number of thioether (sulfide) groups is 1. The van der Waals surface area contributed by atoms with Crippen molar-refractivity contribution in [2.75, 3.05) is 31.6 Å². The number of guanidine groups is 1. The molecule has 0 radical (unpaired) electrons. The Labute approximate surface area is 132 Å². The maximum absolute atomic E-state index is 4.60. The second kappa shape index (κ2) is 10.5. The second-order valence-corrected chi connectivity index (χ2v) is 6.21. The van der Waals surface area contributed by atoms with Crippen LogP contribution in [0.2, 0.25) is 0 Å². The predicted octanol–water partition coefficient (Wildman–Crippen LogP) is 1.39. The van der Waals surface area contributed by atoms with Gasteiger partial charge in [-0.3, -0.25) is 4.99 Å². The number of aromatic nitrogens is 3. The van der Waals surface area contributed by atoms with Crippen molar-refractivity contribution in [1.29, 1.82) is 0 Å². The average molecular weight is 312 g/mol. The van der Waals surface area contributed by atoms with Crippen LogP contribution in [-0.2, 0) is 13.0 Å². The van der Waals surface area contributed by atoms with E-state index in [9.17, 15) is 0 Å². The van der Waals surface area contributed by atoms with Gasteiger partial charge in [0.05, 0.1) is 0 Å². The highest BCUT2D eigenvalue weighted by Gasteiger charge is 2.03. The third-order valence-corrected chi connectivity index (χ3v) is 3.48. The molecule has 0 unspecified atom stereocenters. The van der Waals surface area contributed by atoms with E-state index in [4.69, 9.17) is 0 Å². The van der Waals surface area contributed by atoms with Gasteiger partial charge < -0.3 is 15.2 Å². The third-order valence-electron chi connectivity index (χ3n) is 2.87. The van der Waals surface area contributed by atoms with Crippen molar-refractivity contribution in [1.82, 2.24) is 25.4 Å². The van der Waals surface area contributed by atoms with Crippen LogP contribution in [-0.4, -0.2) is 52.4 Å². The molecule has 0 aromatic carbocycles. The SMILES string of the molecule is CCc1nncn1CCNC(=NCC(C)C)NCCSC. The first-order valence-electron chi connectivity index (χ1n) is 7.55. The van der Waals surface area contributed by atoms with Crippen molar-refractivity contribution in [3.8, 4) is 0 Å². The molecule has 0 aliphatic heterocycles. The summed E-state index contributed by atoms with van der Waals surface area (Å²) in [6.45, 7) is 9.86. The smallest absolute Gasteiger partial charge is 0.191 e. The van der Waals surface area contributed by atoms with Crippen LogP contribution in [0.15, 0.2) is 11.3 Å². The molecule has 0 spiro atoms. The van der Waals surface area contributed by atoms with Crippen molar-refractivity contribution in [2.24, 2.45) is 10.9 Å². The van der Waals surface area contributed by atoms with E-state index in [0.717, 1.165) is 50.1 Å². The fourth-order valence-corrected chi connectivity index (χ4v) is 2.06. The van der Waals surface area contributed by atoms with E-state index in [1.54, 1.807) is 6.33 Å². The van der Waals surface area contributed by atoms with Gasteiger partial charge in [0.1, 0.15) is 12.2 Å². The summed E-state index contributed by atoms with van der Waals surface area (Å²) in [5.74, 6) is 3.55. The minimum absolute atomic E-state index is 0.564. The third kappa shape index (κ3) is 7.36. The maximum atomic E-state index is 4.60. The lowest BCUT2D eigenvalue weighted by Gasteiger charge is -2.13. The second-order valence-electron chi connectivity index (χ2n) is 5.22. The van der Waals surface area contributed by atoms with E-state index < -0.39 is 0 Å². The molecule has 0 bridgehead atoms. The van der Waals surface area contributed by atoms with Gasteiger partial charge >= 0.3 is 0 Å². The van der Waals surface area contributed by atoms with Crippen molar-refractivity contribution in [3.05, 3.63) is 12.2 Å². The quantitative estimate of drug-likeness (QED) is 0.410. The molecular formula is C14H28N6S. The van der Waals surface area contributed by atoms with Gasteiger partial charge in [0.15, 0.2) is 5.96 Å². The number of hydrogen-bond donors (Lipinski definition) is 2. The monoisotopic (exact) mass is 312 g/mol. The molecule has 0 atom stereocenters. The highest BCUT2D eigenvalue weighted by atomic mass is 32.2. The number of aryl methyl sites for hydroxylation is 1. The molecule has 0 aliphatic carbocycles. The molecule has 0 aliphatic rings. The van der Waals surface area contributed by atoms with Gasteiger partial charge in [-0.15, -0.1) is 10.2 Å². The summed E-state index contributed by atoms with van der Waals surface area (Å²) in [7, 11) is 0. The summed E-state index contributed by atoms with van der Waals surface area (Å²) in [6.07, 6.45) is 4.80. The van der Waals surface area contributed by atoms with Gasteiger partial charge in [-0.2, -0.15) is 11.8 Å². The van der Waals surface area contributed by atoms with Crippen LogP contribution in [0.5, 0.6) is 0 Å². The average Bonchev–Trinajstić information content (AvgIpc) is 2.91. The molecule has 1 rings (SSSR count). The van der Waals surface area contributed by atoms with Gasteiger partial charge in [-0.25, -0.2) is 0 Å². The number of rotatable bonds is 9. The normalized spacial score (nSPS) is 12.0. The van der Waals surface area contributed by atoms with Crippen LogP contribution >= 0.6 is 11.8 Å². The lowest BCUT2D eigenvalue weighted by Crippen LogP contribution is -2.40. The number of aliphatic imine (C=N–C) groups is 1. The molecule has 1 aromatic heterocycles. The molecule has 1 heterocycles. The van der Waals surface area contributed by atoms with E-state index in [1.165, 1.54) is 0 Å². The standard InChI is InChI=1S/C14H28N6S/c1-5-13-19-18-11-20(13)8-6-15-14(16-7-9-21-4)17-10-12(2)3/h11-12H,5-10H2,1-4H3,(H2,15,16,17). The van der Waals surface area contributed by atoms with Crippen molar-refractivity contribution < 1.29 is 0 Å². The Bertz CT molecular complexity index is 415. The summed E-state index contributed by atoms with van der Waals surface area (Å²) < 4.78 is 2.08. The maximum Gasteiger partial charge on any atom is 0.191 e. The fourth-order valence-electron chi connectivity index (χ4n) is 1.75. The highest BCUT2D eigenvalue weighted by Crippen LogP contribution is 1.95. The van der Waals surface area contributed by atoms with Gasteiger partial charge in [-0.1, -0.05) is 20.8 Å². The van der Waals surface area contributed by atoms with Crippen molar-refractivity contribution >= 4 is 17.7 Å². The first kappa shape index (κ1) is 17.8. The first-order chi connectivity index (χ1) is 10.2. The summed E-state index contributed by atoms with van der Waals surface area (Å²) >= 11 is 1.83. The fraction of sp³-hybridized carbons (Fsp3) is 0.786. The Morgan fingerprint density at radius 3 is 2.81 bits per heavy atom. The minimum Gasteiger partial charge on any atom is -0.356 e. The van der Waals surface area contributed by atoms with Crippen LogP contribution < -0.4 is 10.6 Å². The van der Waals surface area contributed by atoms with Crippen LogP contribution in [0.1, 0.15) is 26.6 Å². The van der Waals surface area contributed by atoms with Gasteiger partial charge in [-0.05, 0) is 12.2 Å². The molecular weight excluding hydrogens is 284 g/mol. The van der Waals surface area contributed by atoms with Crippen LogP contribution in [0.4, 0.5) is 0 Å². The molecule has 21 heavy (non-hydrogen) atoms. The lowest BCUT2D eigenvalue weighted by atomic mass is 10.2. The molecule has 7 heteroatoms. The van der Waals surface area contributed by atoms with Gasteiger partial charge in [0, 0.05) is 38.4 Å². The van der Waals surface area contributed by atoms with Crippen molar-refractivity contribution in [2.45, 2.75) is 33.7 Å². The minimum atomic E-state index is 0.564. The lowest BCUT2D eigenvalue weighted by molar-refractivity contribution is 0.624. The topological polar surface area (TPSA) is 67.1 Å². The summed E-state index contributed by atoms with van der Waals surface area (Å²) in [4.78, 5) is 4.60. The van der Waals surface area contributed by atoms with E-state index in [0.29, 0.717) is 5.92 Å². The molecule has 0 saturated heterocycles. The molecule has 120 valence electrons. The van der Waals surface area contributed by atoms with Crippen molar-refractivity contribution in [3.63, 3.8) is 0 Å². The van der Waals surface area contributed by atoms with E-state index in [1.807, 2.05) is 11.8 Å². The van der Waals surface area contributed by atoms with Crippen LogP contribution in [0, 0.1) is 5.92 Å². The van der Waals surface area contributed by atoms with Crippen LogP contribution in [0.25, 0.3) is 0 Å². The molecule has 0 amide bonds.